The van der Waals surface area contributed by atoms with E-state index in [0.717, 1.165) is 34.8 Å². The summed E-state index contributed by atoms with van der Waals surface area (Å²) >= 11 is 1.42. The van der Waals surface area contributed by atoms with Crippen LogP contribution < -0.4 is 4.74 Å². The van der Waals surface area contributed by atoms with Gasteiger partial charge in [0.05, 0.1) is 22.6 Å². The van der Waals surface area contributed by atoms with Gasteiger partial charge in [-0.05, 0) is 63.4 Å². The Balaban J connectivity index is 1.64. The van der Waals surface area contributed by atoms with Gasteiger partial charge in [0, 0.05) is 24.6 Å². The number of furan rings is 1. The van der Waals surface area contributed by atoms with Gasteiger partial charge >= 0.3 is 5.97 Å². The zero-order valence-electron chi connectivity index (χ0n) is 18.5. The zero-order valence-corrected chi connectivity index (χ0v) is 19.3. The molecule has 0 fully saturated rings. The van der Waals surface area contributed by atoms with Gasteiger partial charge in [-0.2, -0.15) is 0 Å². The molecule has 3 rings (SSSR count). The molecule has 0 saturated heterocycles. The van der Waals surface area contributed by atoms with Crippen LogP contribution in [0.1, 0.15) is 54.8 Å². The molecule has 0 bridgehead atoms. The van der Waals surface area contributed by atoms with Crippen LogP contribution in [-0.2, 0) is 11.3 Å². The minimum Gasteiger partial charge on any atom is -0.493 e. The summed E-state index contributed by atoms with van der Waals surface area (Å²) in [4.78, 5) is 27.3. The molecule has 7 heteroatoms. The molecule has 0 aliphatic carbocycles. The summed E-state index contributed by atoms with van der Waals surface area (Å²) in [6.45, 7) is 4.97. The first-order chi connectivity index (χ1) is 15.5. The number of ether oxygens (including phenoxy) is 1. The highest BCUT2D eigenvalue weighted by Crippen LogP contribution is 2.30. The SMILES string of the molecule is CC(C)N(Cc1ccccc1OCCCCCC(=O)O)C(=O)c1ccc(-c2ccco2)s1. The monoisotopic (exact) mass is 455 g/mol. The fourth-order valence-corrected chi connectivity index (χ4v) is 4.26. The molecule has 170 valence electrons. The van der Waals surface area contributed by atoms with Crippen molar-refractivity contribution in [1.82, 2.24) is 4.90 Å². The molecule has 3 aromatic rings. The number of nitrogens with zero attached hydrogens (tertiary/aromatic N) is 1. The Morgan fingerprint density at radius 2 is 1.88 bits per heavy atom. The van der Waals surface area contributed by atoms with Crippen LogP contribution in [0.4, 0.5) is 0 Å². The molecule has 0 aliphatic heterocycles. The predicted molar refractivity (Wildman–Crippen MR) is 125 cm³/mol. The number of carbonyl (C=O) groups excluding carboxylic acids is 1. The molecule has 1 aromatic carbocycles. The van der Waals surface area contributed by atoms with E-state index >= 15 is 0 Å². The minimum atomic E-state index is -0.767. The molecule has 0 unspecified atom stereocenters. The summed E-state index contributed by atoms with van der Waals surface area (Å²) in [5.41, 5.74) is 0.947. The van der Waals surface area contributed by atoms with Crippen LogP contribution in [0.2, 0.25) is 0 Å². The summed E-state index contributed by atoms with van der Waals surface area (Å²) in [6, 6.07) is 15.2. The second-order valence-electron chi connectivity index (χ2n) is 7.83. The van der Waals surface area contributed by atoms with Gasteiger partial charge in [0.2, 0.25) is 0 Å². The molecule has 1 amide bonds. The van der Waals surface area contributed by atoms with Gasteiger partial charge in [0.25, 0.3) is 5.91 Å². The van der Waals surface area contributed by atoms with Crippen LogP contribution in [-0.4, -0.2) is 34.5 Å². The third kappa shape index (κ3) is 6.47. The van der Waals surface area contributed by atoms with Crippen molar-refractivity contribution in [2.24, 2.45) is 0 Å². The van der Waals surface area contributed by atoms with E-state index in [1.54, 1.807) is 6.26 Å². The van der Waals surface area contributed by atoms with Gasteiger partial charge in [-0.25, -0.2) is 0 Å². The molecule has 0 radical (unpaired) electrons. The number of hydrogen-bond donors (Lipinski definition) is 1. The largest absolute Gasteiger partial charge is 0.493 e. The van der Waals surface area contributed by atoms with Crippen LogP contribution in [0.5, 0.6) is 5.75 Å². The zero-order chi connectivity index (χ0) is 22.9. The quantitative estimate of drug-likeness (QED) is 0.335. The maximum atomic E-state index is 13.3. The van der Waals surface area contributed by atoms with Gasteiger partial charge in [0.1, 0.15) is 11.5 Å². The molecular formula is C25H29NO5S. The molecule has 0 aliphatic rings. The summed E-state index contributed by atoms with van der Waals surface area (Å²) in [5.74, 6) is 0.724. The van der Waals surface area contributed by atoms with E-state index in [1.165, 1.54) is 11.3 Å². The number of carboxylic acid groups (broad SMARTS) is 1. The number of benzene rings is 1. The van der Waals surface area contributed by atoms with E-state index in [9.17, 15) is 9.59 Å². The van der Waals surface area contributed by atoms with Crippen molar-refractivity contribution >= 4 is 23.2 Å². The maximum absolute atomic E-state index is 13.3. The molecule has 2 heterocycles. The average Bonchev–Trinajstić information content (AvgIpc) is 3.46. The number of rotatable bonds is 12. The van der Waals surface area contributed by atoms with Crippen LogP contribution in [0.3, 0.4) is 0 Å². The van der Waals surface area contributed by atoms with Gasteiger partial charge in [-0.15, -0.1) is 11.3 Å². The number of carboxylic acids is 1. The van der Waals surface area contributed by atoms with Gasteiger partial charge in [-0.1, -0.05) is 18.2 Å². The number of hydrogen-bond acceptors (Lipinski definition) is 5. The second kappa shape index (κ2) is 11.5. The van der Waals surface area contributed by atoms with Gasteiger partial charge < -0.3 is 19.2 Å². The molecule has 32 heavy (non-hydrogen) atoms. The van der Waals surface area contributed by atoms with Crippen molar-refractivity contribution in [1.29, 1.82) is 0 Å². The molecule has 1 N–H and O–H groups in total. The highest BCUT2D eigenvalue weighted by Gasteiger charge is 2.22. The van der Waals surface area contributed by atoms with Gasteiger partial charge in [0.15, 0.2) is 0 Å². The smallest absolute Gasteiger partial charge is 0.303 e. The fourth-order valence-electron chi connectivity index (χ4n) is 3.33. The first-order valence-electron chi connectivity index (χ1n) is 10.8. The fraction of sp³-hybridized carbons (Fsp3) is 0.360. The van der Waals surface area contributed by atoms with E-state index < -0.39 is 5.97 Å². The lowest BCUT2D eigenvalue weighted by Gasteiger charge is -2.27. The van der Waals surface area contributed by atoms with Crippen LogP contribution >= 0.6 is 11.3 Å². The predicted octanol–water partition coefficient (Wildman–Crippen LogP) is 6.08. The average molecular weight is 456 g/mol. The lowest BCUT2D eigenvalue weighted by molar-refractivity contribution is -0.137. The Morgan fingerprint density at radius 3 is 2.59 bits per heavy atom. The Labute approximate surface area is 192 Å². The third-order valence-corrected chi connectivity index (χ3v) is 6.16. The Bertz CT molecular complexity index is 1010. The summed E-state index contributed by atoms with van der Waals surface area (Å²) in [5, 5.41) is 8.72. The van der Waals surface area contributed by atoms with Crippen LogP contribution in [0.25, 0.3) is 10.6 Å². The van der Waals surface area contributed by atoms with Crippen molar-refractivity contribution in [2.75, 3.05) is 6.61 Å². The second-order valence-corrected chi connectivity index (χ2v) is 8.91. The number of carbonyl (C=O) groups is 2. The molecule has 2 aromatic heterocycles. The molecule has 0 saturated carbocycles. The Morgan fingerprint density at radius 1 is 1.06 bits per heavy atom. The number of amides is 1. The van der Waals surface area contributed by atoms with Gasteiger partial charge in [-0.3, -0.25) is 9.59 Å². The third-order valence-electron chi connectivity index (χ3n) is 5.07. The topological polar surface area (TPSA) is 80.0 Å². The Kier molecular flexibility index (Phi) is 8.50. The van der Waals surface area contributed by atoms with Crippen molar-refractivity contribution in [3.8, 4) is 16.4 Å². The highest BCUT2D eigenvalue weighted by molar-refractivity contribution is 7.17. The number of thiophene rings is 1. The maximum Gasteiger partial charge on any atom is 0.303 e. The standard InChI is InChI=1S/C25H29NO5S/c1-18(2)26(25(29)23-14-13-22(32-23)21-11-8-16-31-21)17-19-9-5-6-10-20(19)30-15-7-3-4-12-24(27)28/h5-6,8-11,13-14,16,18H,3-4,7,12,15,17H2,1-2H3,(H,27,28). The van der Waals surface area contributed by atoms with E-state index in [0.29, 0.717) is 24.4 Å². The number of unbranched alkanes of at least 4 members (excludes halogenated alkanes) is 2. The summed E-state index contributed by atoms with van der Waals surface area (Å²) in [7, 11) is 0. The molecular weight excluding hydrogens is 426 g/mol. The Hall–Kier alpha value is -3.06. The van der Waals surface area contributed by atoms with E-state index in [1.807, 2.05) is 67.3 Å². The van der Waals surface area contributed by atoms with Crippen molar-refractivity contribution < 1.29 is 23.8 Å². The van der Waals surface area contributed by atoms with E-state index in [4.69, 9.17) is 14.3 Å². The number of aliphatic carboxylic acids is 1. The molecule has 0 atom stereocenters. The lowest BCUT2D eigenvalue weighted by atomic mass is 10.1. The first-order valence-corrected chi connectivity index (χ1v) is 11.6. The normalized spacial score (nSPS) is 11.0. The molecule has 6 nitrogen and oxygen atoms in total. The van der Waals surface area contributed by atoms with E-state index in [2.05, 4.69) is 0 Å². The first kappa shape index (κ1) is 23.6. The number of para-hydroxylation sites is 1. The van der Waals surface area contributed by atoms with Crippen molar-refractivity contribution in [3.63, 3.8) is 0 Å². The summed E-state index contributed by atoms with van der Waals surface area (Å²) in [6.07, 6.45) is 4.06. The van der Waals surface area contributed by atoms with E-state index in [-0.39, 0.29) is 18.4 Å². The minimum absolute atomic E-state index is 0.0146. The van der Waals surface area contributed by atoms with Crippen molar-refractivity contribution in [2.45, 2.75) is 52.1 Å². The highest BCUT2D eigenvalue weighted by atomic mass is 32.1. The molecule has 0 spiro atoms. The lowest BCUT2D eigenvalue weighted by Crippen LogP contribution is -2.36. The van der Waals surface area contributed by atoms with Crippen LogP contribution in [0, 0.1) is 0 Å². The van der Waals surface area contributed by atoms with Crippen LogP contribution in [0.15, 0.2) is 59.2 Å². The van der Waals surface area contributed by atoms with Crippen molar-refractivity contribution in [3.05, 3.63) is 65.2 Å². The summed E-state index contributed by atoms with van der Waals surface area (Å²) < 4.78 is 11.4.